The zero-order valence-electron chi connectivity index (χ0n) is 8.86. The van der Waals surface area contributed by atoms with Crippen LogP contribution in [0.25, 0.3) is 0 Å². The van der Waals surface area contributed by atoms with E-state index in [0.717, 1.165) is 5.75 Å². The van der Waals surface area contributed by atoms with Crippen LogP contribution in [-0.4, -0.2) is 27.4 Å². The van der Waals surface area contributed by atoms with Crippen molar-refractivity contribution in [1.82, 2.24) is 0 Å². The summed E-state index contributed by atoms with van der Waals surface area (Å²) in [5.41, 5.74) is 5.32. The molecule has 0 unspecified atom stereocenters. The van der Waals surface area contributed by atoms with Gasteiger partial charge in [-0.3, -0.25) is 0 Å². The molecule has 0 amide bonds. The molecule has 0 aliphatic heterocycles. The molecule has 86 valence electrons. The van der Waals surface area contributed by atoms with Crippen LogP contribution in [0.15, 0.2) is 18.2 Å². The lowest BCUT2D eigenvalue weighted by atomic mass is 10.3. The fourth-order valence-electron chi connectivity index (χ4n) is 1.08. The molecule has 1 aromatic rings. The van der Waals surface area contributed by atoms with Crippen LogP contribution in [0.2, 0.25) is 0 Å². The zero-order chi connectivity index (χ0) is 10.4. The predicted octanol–water partition coefficient (Wildman–Crippen LogP) is 1.46. The Hall–Kier alpha value is -1.13. The van der Waals surface area contributed by atoms with Gasteiger partial charge in [0.25, 0.3) is 0 Å². The van der Waals surface area contributed by atoms with E-state index in [4.69, 9.17) is 19.9 Å². The highest BCUT2D eigenvalue weighted by Gasteiger charge is 2.04. The van der Waals surface area contributed by atoms with Crippen molar-refractivity contribution in [1.29, 1.82) is 0 Å². The summed E-state index contributed by atoms with van der Waals surface area (Å²) in [6.45, 7) is 0.990. The smallest absolute Gasteiger partial charge is 0.164 e. The second-order valence-electron chi connectivity index (χ2n) is 2.65. The van der Waals surface area contributed by atoms with Gasteiger partial charge in [0.1, 0.15) is 12.4 Å². The van der Waals surface area contributed by atoms with E-state index in [1.807, 2.05) is 6.07 Å². The Balaban J connectivity index is 0.00000196. The Morgan fingerprint density at radius 1 is 1.13 bits per heavy atom. The first kappa shape index (κ1) is 13.9. The first-order chi connectivity index (χ1) is 6.81. The van der Waals surface area contributed by atoms with Gasteiger partial charge in [-0.2, -0.15) is 0 Å². The molecule has 0 heterocycles. The molecule has 0 fully saturated rings. The predicted molar refractivity (Wildman–Crippen MR) is 61.3 cm³/mol. The van der Waals surface area contributed by atoms with Crippen molar-refractivity contribution in [3.8, 4) is 17.2 Å². The summed E-state index contributed by atoms with van der Waals surface area (Å²) in [6.07, 6.45) is 0. The lowest BCUT2D eigenvalue weighted by Crippen LogP contribution is -2.10. The number of nitrogens with two attached hydrogens (primary N) is 1. The molecule has 5 heteroatoms. The van der Waals surface area contributed by atoms with Crippen LogP contribution in [0.3, 0.4) is 0 Å². The van der Waals surface area contributed by atoms with Crippen molar-refractivity contribution < 1.29 is 14.2 Å². The molecule has 0 saturated heterocycles. The van der Waals surface area contributed by atoms with Crippen molar-refractivity contribution in [2.75, 3.05) is 27.4 Å². The van der Waals surface area contributed by atoms with E-state index >= 15 is 0 Å². The molecule has 0 atom stereocenters. The van der Waals surface area contributed by atoms with Crippen molar-refractivity contribution in [3.05, 3.63) is 18.2 Å². The van der Waals surface area contributed by atoms with Crippen LogP contribution in [0.4, 0.5) is 0 Å². The van der Waals surface area contributed by atoms with Crippen LogP contribution in [-0.2, 0) is 0 Å². The Morgan fingerprint density at radius 2 is 1.80 bits per heavy atom. The lowest BCUT2D eigenvalue weighted by Gasteiger charge is -2.10. The highest BCUT2D eigenvalue weighted by molar-refractivity contribution is 5.85. The van der Waals surface area contributed by atoms with Gasteiger partial charge in [0.2, 0.25) is 0 Å². The van der Waals surface area contributed by atoms with Crippen LogP contribution in [0, 0.1) is 0 Å². The first-order valence-corrected chi connectivity index (χ1v) is 4.36. The van der Waals surface area contributed by atoms with E-state index in [1.54, 1.807) is 26.4 Å². The maximum Gasteiger partial charge on any atom is 0.164 e. The van der Waals surface area contributed by atoms with Gasteiger partial charge in [-0.1, -0.05) is 0 Å². The second-order valence-corrected chi connectivity index (χ2v) is 2.65. The van der Waals surface area contributed by atoms with Crippen LogP contribution in [0.1, 0.15) is 0 Å². The Labute approximate surface area is 95.7 Å². The molecular weight excluding hydrogens is 218 g/mol. The molecular formula is C10H16ClNO3. The van der Waals surface area contributed by atoms with Gasteiger partial charge in [0.05, 0.1) is 14.2 Å². The Kier molecular flexibility index (Phi) is 6.66. The summed E-state index contributed by atoms with van der Waals surface area (Å²) in [4.78, 5) is 0. The van der Waals surface area contributed by atoms with E-state index in [1.165, 1.54) is 0 Å². The number of rotatable bonds is 5. The molecule has 1 rings (SSSR count). The van der Waals surface area contributed by atoms with Gasteiger partial charge < -0.3 is 19.9 Å². The summed E-state index contributed by atoms with van der Waals surface area (Å²) in [7, 11) is 3.18. The molecule has 4 nitrogen and oxygen atoms in total. The van der Waals surface area contributed by atoms with Gasteiger partial charge in [-0.15, -0.1) is 12.4 Å². The topological polar surface area (TPSA) is 53.7 Å². The molecule has 2 N–H and O–H groups in total. The number of halogens is 1. The zero-order valence-corrected chi connectivity index (χ0v) is 9.67. The van der Waals surface area contributed by atoms with Gasteiger partial charge in [0.15, 0.2) is 11.5 Å². The van der Waals surface area contributed by atoms with Gasteiger partial charge in [-0.05, 0) is 12.1 Å². The number of hydrogen-bond donors (Lipinski definition) is 1. The molecule has 0 aromatic heterocycles. The quantitative estimate of drug-likeness (QED) is 0.837. The lowest BCUT2D eigenvalue weighted by molar-refractivity contribution is 0.319. The van der Waals surface area contributed by atoms with Crippen LogP contribution >= 0.6 is 12.4 Å². The van der Waals surface area contributed by atoms with E-state index in [-0.39, 0.29) is 12.4 Å². The molecule has 0 saturated carbocycles. The summed E-state index contributed by atoms with van der Waals surface area (Å²) in [5, 5.41) is 0. The largest absolute Gasteiger partial charge is 0.493 e. The number of hydrogen-bond acceptors (Lipinski definition) is 4. The van der Waals surface area contributed by atoms with Gasteiger partial charge in [0, 0.05) is 12.6 Å². The van der Waals surface area contributed by atoms with Crippen molar-refractivity contribution >= 4 is 12.4 Å². The number of ether oxygens (including phenoxy) is 3. The average molecular weight is 234 g/mol. The third-order valence-corrected chi connectivity index (χ3v) is 1.74. The van der Waals surface area contributed by atoms with Crippen molar-refractivity contribution in [2.45, 2.75) is 0 Å². The highest BCUT2D eigenvalue weighted by Crippen LogP contribution is 2.30. The maximum absolute atomic E-state index is 5.34. The van der Waals surface area contributed by atoms with E-state index in [0.29, 0.717) is 24.7 Å². The molecule has 0 bridgehead atoms. The fourth-order valence-corrected chi connectivity index (χ4v) is 1.08. The maximum atomic E-state index is 5.34. The van der Waals surface area contributed by atoms with Crippen LogP contribution < -0.4 is 19.9 Å². The van der Waals surface area contributed by atoms with Crippen molar-refractivity contribution in [3.63, 3.8) is 0 Å². The summed E-state index contributed by atoms with van der Waals surface area (Å²) < 4.78 is 15.5. The minimum Gasteiger partial charge on any atom is -0.493 e. The summed E-state index contributed by atoms with van der Waals surface area (Å²) >= 11 is 0. The van der Waals surface area contributed by atoms with Crippen LogP contribution in [0.5, 0.6) is 17.2 Å². The average Bonchev–Trinajstić information content (AvgIpc) is 2.25. The van der Waals surface area contributed by atoms with Gasteiger partial charge >= 0.3 is 0 Å². The monoisotopic (exact) mass is 233 g/mol. The third-order valence-electron chi connectivity index (χ3n) is 1.74. The minimum atomic E-state index is 0. The highest BCUT2D eigenvalue weighted by atomic mass is 35.5. The molecule has 0 radical (unpaired) electrons. The second kappa shape index (κ2) is 7.20. The molecule has 1 aromatic carbocycles. The molecule has 0 aliphatic carbocycles. The number of methoxy groups -OCH3 is 2. The minimum absolute atomic E-state index is 0. The Morgan fingerprint density at radius 3 is 2.33 bits per heavy atom. The Bertz CT molecular complexity index is 294. The van der Waals surface area contributed by atoms with Gasteiger partial charge in [-0.25, -0.2) is 0 Å². The van der Waals surface area contributed by atoms with Crippen molar-refractivity contribution in [2.24, 2.45) is 5.73 Å². The number of benzene rings is 1. The fraction of sp³-hybridized carbons (Fsp3) is 0.400. The molecule has 0 spiro atoms. The standard InChI is InChI=1S/C10H15NO3.ClH/c1-12-9-4-3-8(14-6-5-11)7-10(9)13-2;/h3-4,7H,5-6,11H2,1-2H3;1H. The normalized spacial score (nSPS) is 9.00. The van der Waals surface area contributed by atoms with E-state index in [2.05, 4.69) is 0 Å². The van der Waals surface area contributed by atoms with E-state index in [9.17, 15) is 0 Å². The molecule has 0 aliphatic rings. The summed E-state index contributed by atoms with van der Waals surface area (Å²) in [5.74, 6) is 2.07. The van der Waals surface area contributed by atoms with E-state index < -0.39 is 0 Å². The third kappa shape index (κ3) is 3.85. The molecule has 15 heavy (non-hydrogen) atoms. The SMILES string of the molecule is COc1ccc(OCCN)cc1OC.Cl. The summed E-state index contributed by atoms with van der Waals surface area (Å²) in [6, 6.07) is 5.39. The first-order valence-electron chi connectivity index (χ1n) is 4.36.